The maximum absolute atomic E-state index is 13.3. The van der Waals surface area contributed by atoms with Gasteiger partial charge in [-0.2, -0.15) is 4.31 Å². The first-order valence-electron chi connectivity index (χ1n) is 10.5. The van der Waals surface area contributed by atoms with E-state index in [1.807, 2.05) is 6.92 Å². The Bertz CT molecular complexity index is 1180. The second-order valence-corrected chi connectivity index (χ2v) is 10.00. The molecule has 9 nitrogen and oxygen atoms in total. The number of hydrogen-bond donors (Lipinski definition) is 1. The Morgan fingerprint density at radius 3 is 2.48 bits per heavy atom. The number of amides is 2. The average molecular weight is 494 g/mol. The fourth-order valence-corrected chi connectivity index (χ4v) is 5.66. The normalized spacial score (nSPS) is 18.8. The minimum absolute atomic E-state index is 0.0138. The van der Waals surface area contributed by atoms with E-state index in [-0.39, 0.29) is 53.7 Å². The van der Waals surface area contributed by atoms with Gasteiger partial charge in [0.15, 0.2) is 6.10 Å². The molecule has 2 heterocycles. The van der Waals surface area contributed by atoms with Gasteiger partial charge in [0.2, 0.25) is 10.0 Å². The molecule has 0 aromatic heterocycles. The molecule has 176 valence electrons. The lowest BCUT2D eigenvalue weighted by atomic mass is 10.2. The summed E-state index contributed by atoms with van der Waals surface area (Å²) in [5.41, 5.74) is 0.841. The number of rotatable bonds is 5. The van der Waals surface area contributed by atoms with Gasteiger partial charge in [-0.1, -0.05) is 11.6 Å². The fraction of sp³-hybridized carbons (Fsp3) is 0.364. The molecule has 2 aromatic carbocycles. The molecular weight excluding hydrogens is 470 g/mol. The lowest BCUT2D eigenvalue weighted by Crippen LogP contribution is -2.50. The molecule has 0 bridgehead atoms. The van der Waals surface area contributed by atoms with Gasteiger partial charge in [-0.3, -0.25) is 9.59 Å². The number of nitrogens with zero attached hydrogens (tertiary/aromatic N) is 2. The van der Waals surface area contributed by atoms with Crippen molar-refractivity contribution in [3.05, 3.63) is 47.0 Å². The maximum atomic E-state index is 13.3. The van der Waals surface area contributed by atoms with E-state index in [1.165, 1.54) is 16.4 Å². The van der Waals surface area contributed by atoms with E-state index in [0.717, 1.165) is 0 Å². The Morgan fingerprint density at radius 1 is 1.18 bits per heavy atom. The lowest BCUT2D eigenvalue weighted by Gasteiger charge is -2.34. The Kier molecular flexibility index (Phi) is 6.51. The molecular formula is C22H24ClN3O6S. The van der Waals surface area contributed by atoms with Crippen LogP contribution in [0.2, 0.25) is 5.02 Å². The second kappa shape index (κ2) is 9.20. The van der Waals surface area contributed by atoms with Crippen LogP contribution in [0.1, 0.15) is 24.2 Å². The summed E-state index contributed by atoms with van der Waals surface area (Å²) in [5, 5.41) is 2.63. The highest BCUT2D eigenvalue weighted by Crippen LogP contribution is 2.38. The Morgan fingerprint density at radius 2 is 1.85 bits per heavy atom. The Labute approximate surface area is 197 Å². The van der Waals surface area contributed by atoms with Crippen molar-refractivity contribution in [1.29, 1.82) is 0 Å². The van der Waals surface area contributed by atoms with Gasteiger partial charge >= 0.3 is 0 Å². The molecule has 2 aliphatic rings. The van der Waals surface area contributed by atoms with Gasteiger partial charge in [0, 0.05) is 37.8 Å². The number of anilines is 1. The van der Waals surface area contributed by atoms with Gasteiger partial charge in [-0.25, -0.2) is 8.42 Å². The van der Waals surface area contributed by atoms with Crippen LogP contribution in [0.5, 0.6) is 11.5 Å². The van der Waals surface area contributed by atoms with E-state index in [2.05, 4.69) is 5.32 Å². The predicted molar refractivity (Wildman–Crippen MR) is 122 cm³/mol. The van der Waals surface area contributed by atoms with E-state index in [0.29, 0.717) is 23.6 Å². The third kappa shape index (κ3) is 4.64. The van der Waals surface area contributed by atoms with E-state index in [4.69, 9.17) is 21.1 Å². The standard InChI is InChI=1S/C22H24ClN3O6S/c1-3-31-16-6-4-15(5-7-16)22(28)25-8-10-26(11-9-25)33(29,30)20-13-19-18(12-17(20)23)24-21(27)14(2)32-19/h4-7,12-14H,3,8-11H2,1-2H3,(H,24,27)/t14-/m0/s1. The number of nitrogens with one attached hydrogen (secondary N) is 1. The summed E-state index contributed by atoms with van der Waals surface area (Å²) in [6, 6.07) is 9.58. The summed E-state index contributed by atoms with van der Waals surface area (Å²) in [7, 11) is -3.93. The van der Waals surface area contributed by atoms with Crippen molar-refractivity contribution in [2.45, 2.75) is 24.8 Å². The third-order valence-corrected chi connectivity index (χ3v) is 7.88. The zero-order valence-corrected chi connectivity index (χ0v) is 19.8. The molecule has 2 aliphatic heterocycles. The van der Waals surface area contributed by atoms with Crippen molar-refractivity contribution in [3.8, 4) is 11.5 Å². The van der Waals surface area contributed by atoms with Crippen LogP contribution in [0.25, 0.3) is 0 Å². The molecule has 1 saturated heterocycles. The lowest BCUT2D eigenvalue weighted by molar-refractivity contribution is -0.122. The van der Waals surface area contributed by atoms with Crippen LogP contribution in [0.15, 0.2) is 41.3 Å². The summed E-state index contributed by atoms with van der Waals surface area (Å²) in [6.07, 6.45) is -0.744. The number of halogens is 1. The zero-order valence-electron chi connectivity index (χ0n) is 18.2. The van der Waals surface area contributed by atoms with Crippen molar-refractivity contribution >= 4 is 39.1 Å². The summed E-state index contributed by atoms with van der Waals surface area (Å²) >= 11 is 6.26. The molecule has 0 unspecified atom stereocenters. The van der Waals surface area contributed by atoms with Crippen LogP contribution in [0.3, 0.4) is 0 Å². The number of hydrogen-bond acceptors (Lipinski definition) is 6. The second-order valence-electron chi connectivity index (χ2n) is 7.68. The molecule has 1 atom stereocenters. The molecule has 2 aromatic rings. The first-order chi connectivity index (χ1) is 15.7. The van der Waals surface area contributed by atoms with E-state index in [9.17, 15) is 18.0 Å². The molecule has 1 fully saturated rings. The summed E-state index contributed by atoms with van der Waals surface area (Å²) in [6.45, 7) is 4.75. The van der Waals surface area contributed by atoms with Crippen molar-refractivity contribution in [3.63, 3.8) is 0 Å². The number of fused-ring (bicyclic) bond motifs is 1. The highest BCUT2D eigenvalue weighted by Gasteiger charge is 2.34. The van der Waals surface area contributed by atoms with Crippen LogP contribution < -0.4 is 14.8 Å². The van der Waals surface area contributed by atoms with Gasteiger partial charge in [0.25, 0.3) is 11.8 Å². The fourth-order valence-electron chi connectivity index (χ4n) is 3.72. The Balaban J connectivity index is 1.46. The third-order valence-electron chi connectivity index (χ3n) is 5.52. The van der Waals surface area contributed by atoms with E-state index in [1.54, 1.807) is 36.1 Å². The predicted octanol–water partition coefficient (Wildman–Crippen LogP) is 2.60. The molecule has 0 radical (unpaired) electrons. The molecule has 0 saturated carbocycles. The van der Waals surface area contributed by atoms with Gasteiger partial charge in [0.05, 0.1) is 17.3 Å². The molecule has 33 heavy (non-hydrogen) atoms. The summed E-state index contributed by atoms with van der Waals surface area (Å²) < 4.78 is 38.8. The molecule has 0 aliphatic carbocycles. The number of ether oxygens (including phenoxy) is 2. The SMILES string of the molecule is CCOc1ccc(C(=O)N2CCN(S(=O)(=O)c3cc4c(cc3Cl)NC(=O)[C@H](C)O4)CC2)cc1. The molecule has 4 rings (SSSR count). The van der Waals surface area contributed by atoms with Gasteiger partial charge < -0.3 is 19.7 Å². The number of benzene rings is 2. The van der Waals surface area contributed by atoms with Crippen molar-refractivity contribution < 1.29 is 27.5 Å². The quantitative estimate of drug-likeness (QED) is 0.686. The largest absolute Gasteiger partial charge is 0.494 e. The van der Waals surface area contributed by atoms with E-state index < -0.39 is 16.1 Å². The maximum Gasteiger partial charge on any atom is 0.265 e. The number of sulfonamides is 1. The highest BCUT2D eigenvalue weighted by molar-refractivity contribution is 7.89. The monoisotopic (exact) mass is 493 g/mol. The van der Waals surface area contributed by atoms with Crippen molar-refractivity contribution in [1.82, 2.24) is 9.21 Å². The smallest absolute Gasteiger partial charge is 0.265 e. The van der Waals surface area contributed by atoms with Gasteiger partial charge in [-0.05, 0) is 44.2 Å². The first kappa shape index (κ1) is 23.3. The van der Waals surface area contributed by atoms with Crippen molar-refractivity contribution in [2.75, 3.05) is 38.1 Å². The number of carbonyl (C=O) groups excluding carboxylic acids is 2. The van der Waals surface area contributed by atoms with Crippen molar-refractivity contribution in [2.24, 2.45) is 0 Å². The van der Waals surface area contributed by atoms with Gasteiger partial charge in [-0.15, -0.1) is 0 Å². The number of piperazine rings is 1. The first-order valence-corrected chi connectivity index (χ1v) is 12.4. The van der Waals surface area contributed by atoms with Gasteiger partial charge in [0.1, 0.15) is 16.4 Å². The molecule has 2 amide bonds. The van der Waals surface area contributed by atoms with Crippen LogP contribution >= 0.6 is 11.6 Å². The average Bonchev–Trinajstić information content (AvgIpc) is 2.80. The zero-order chi connectivity index (χ0) is 23.8. The molecule has 0 spiro atoms. The Hall–Kier alpha value is -2.82. The minimum atomic E-state index is -3.93. The van der Waals surface area contributed by atoms with Crippen LogP contribution in [0.4, 0.5) is 5.69 Å². The van der Waals surface area contributed by atoms with Crippen LogP contribution in [0, 0.1) is 0 Å². The van der Waals surface area contributed by atoms with E-state index >= 15 is 0 Å². The molecule has 11 heteroatoms. The minimum Gasteiger partial charge on any atom is -0.494 e. The molecule has 1 N–H and O–H groups in total. The topological polar surface area (TPSA) is 105 Å². The van der Waals surface area contributed by atoms with Crippen LogP contribution in [-0.2, 0) is 14.8 Å². The summed E-state index contributed by atoms with van der Waals surface area (Å²) in [4.78, 5) is 26.1. The summed E-state index contributed by atoms with van der Waals surface area (Å²) in [5.74, 6) is 0.432. The van der Waals surface area contributed by atoms with Crippen LogP contribution in [-0.4, -0.2) is 68.3 Å². The highest BCUT2D eigenvalue weighted by atomic mass is 35.5. The number of carbonyl (C=O) groups is 2.